The van der Waals surface area contributed by atoms with Crippen LogP contribution in [0.2, 0.25) is 0 Å². The van der Waals surface area contributed by atoms with Crippen molar-refractivity contribution in [2.75, 3.05) is 26.1 Å². The predicted octanol–water partition coefficient (Wildman–Crippen LogP) is 3.37. The molecule has 1 atom stereocenters. The van der Waals surface area contributed by atoms with Gasteiger partial charge in [0.25, 0.3) is 0 Å². The van der Waals surface area contributed by atoms with Gasteiger partial charge in [-0.05, 0) is 12.1 Å². The number of pyridine rings is 1. The van der Waals surface area contributed by atoms with Crippen molar-refractivity contribution < 1.29 is 19.1 Å². The lowest BCUT2D eigenvalue weighted by Gasteiger charge is -2.18. The molecule has 3 rings (SSSR count). The van der Waals surface area contributed by atoms with Gasteiger partial charge in [-0.3, -0.25) is 0 Å². The maximum Gasteiger partial charge on any atom is 0.351 e. The summed E-state index contributed by atoms with van der Waals surface area (Å²) in [6, 6.07) is 17.7. The summed E-state index contributed by atoms with van der Waals surface area (Å²) < 4.78 is 10.4. The molecule has 0 fully saturated rings. The molecule has 0 aliphatic carbocycles. The van der Waals surface area contributed by atoms with Crippen molar-refractivity contribution in [1.29, 1.82) is 0 Å². The third-order valence-corrected chi connectivity index (χ3v) is 4.12. The van der Waals surface area contributed by atoms with Crippen LogP contribution in [0.25, 0.3) is 10.9 Å². The molecule has 1 aromatic heterocycles. The Labute approximate surface area is 157 Å². The fourth-order valence-electron chi connectivity index (χ4n) is 2.72. The van der Waals surface area contributed by atoms with Crippen molar-refractivity contribution in [3.8, 4) is 0 Å². The Kier molecular flexibility index (Phi) is 5.35. The van der Waals surface area contributed by atoms with Crippen LogP contribution in [0.15, 0.2) is 60.7 Å². The van der Waals surface area contributed by atoms with E-state index in [4.69, 9.17) is 9.47 Å². The van der Waals surface area contributed by atoms with Gasteiger partial charge in [0, 0.05) is 25.0 Å². The van der Waals surface area contributed by atoms with Crippen LogP contribution in [0.1, 0.15) is 22.0 Å². The van der Waals surface area contributed by atoms with Gasteiger partial charge in [-0.25, -0.2) is 14.6 Å². The number of aromatic nitrogens is 1. The first-order chi connectivity index (χ1) is 13.0. The molecule has 0 unspecified atom stereocenters. The highest BCUT2D eigenvalue weighted by molar-refractivity contribution is 6.05. The highest BCUT2D eigenvalue weighted by Crippen LogP contribution is 2.26. The number of esters is 2. The Morgan fingerprint density at radius 1 is 1.00 bits per heavy atom. The average Bonchev–Trinajstić information content (AvgIpc) is 2.71. The Morgan fingerprint density at radius 2 is 1.67 bits per heavy atom. The molecule has 3 aromatic rings. The van der Waals surface area contributed by atoms with Crippen LogP contribution >= 0.6 is 0 Å². The van der Waals surface area contributed by atoms with Crippen molar-refractivity contribution in [2.45, 2.75) is 6.10 Å². The van der Waals surface area contributed by atoms with E-state index in [1.807, 2.05) is 38.4 Å². The van der Waals surface area contributed by atoms with E-state index < -0.39 is 18.0 Å². The number of methoxy groups -OCH3 is 1. The summed E-state index contributed by atoms with van der Waals surface area (Å²) in [5, 5.41) is 0.657. The van der Waals surface area contributed by atoms with Gasteiger partial charge in [0.15, 0.2) is 0 Å². The molecule has 0 spiro atoms. The van der Waals surface area contributed by atoms with Crippen LogP contribution in [-0.2, 0) is 14.3 Å². The minimum atomic E-state index is -1.14. The third kappa shape index (κ3) is 3.89. The van der Waals surface area contributed by atoms with Crippen LogP contribution in [-0.4, -0.2) is 38.1 Å². The molecule has 2 aromatic carbocycles. The first-order valence-corrected chi connectivity index (χ1v) is 8.42. The lowest BCUT2D eigenvalue weighted by molar-refractivity contribution is -0.151. The molecular formula is C21H20N2O4. The van der Waals surface area contributed by atoms with E-state index in [1.165, 1.54) is 7.11 Å². The smallest absolute Gasteiger partial charge is 0.351 e. The van der Waals surface area contributed by atoms with Gasteiger partial charge in [-0.1, -0.05) is 48.5 Å². The summed E-state index contributed by atoms with van der Waals surface area (Å²) in [4.78, 5) is 31.5. The van der Waals surface area contributed by atoms with E-state index in [2.05, 4.69) is 4.98 Å². The number of para-hydroxylation sites is 1. The van der Waals surface area contributed by atoms with Gasteiger partial charge < -0.3 is 14.4 Å². The molecule has 6 nitrogen and oxygen atoms in total. The zero-order valence-corrected chi connectivity index (χ0v) is 15.4. The number of carbonyl (C=O) groups excluding carboxylic acids is 2. The lowest BCUT2D eigenvalue weighted by atomic mass is 10.1. The number of hydrogen-bond donors (Lipinski definition) is 0. The maximum atomic E-state index is 13.0. The van der Waals surface area contributed by atoms with Crippen molar-refractivity contribution in [2.24, 2.45) is 0 Å². The SMILES string of the molecule is COC(=O)[C@H](OC(=O)c1cc(N(C)C)nc2ccccc12)c1ccccc1. The number of carbonyl (C=O) groups is 2. The first-order valence-electron chi connectivity index (χ1n) is 8.42. The molecule has 0 aliphatic rings. The number of fused-ring (bicyclic) bond motifs is 1. The molecule has 0 aliphatic heterocycles. The van der Waals surface area contributed by atoms with Crippen LogP contribution in [0.4, 0.5) is 5.82 Å². The van der Waals surface area contributed by atoms with E-state index in [9.17, 15) is 9.59 Å². The number of rotatable bonds is 5. The monoisotopic (exact) mass is 364 g/mol. The molecule has 6 heteroatoms. The zero-order chi connectivity index (χ0) is 19.4. The molecule has 0 amide bonds. The van der Waals surface area contributed by atoms with Crippen molar-refractivity contribution in [3.05, 3.63) is 71.8 Å². The second kappa shape index (κ2) is 7.86. The highest BCUT2D eigenvalue weighted by Gasteiger charge is 2.27. The molecule has 1 heterocycles. The summed E-state index contributed by atoms with van der Waals surface area (Å²) in [5.74, 6) is -0.633. The lowest BCUT2D eigenvalue weighted by Crippen LogP contribution is -2.22. The fourth-order valence-corrected chi connectivity index (χ4v) is 2.72. The van der Waals surface area contributed by atoms with Crippen molar-refractivity contribution >= 4 is 28.7 Å². The molecule has 0 saturated carbocycles. The standard InChI is InChI=1S/C21H20N2O4/c1-23(2)18-13-16(15-11-7-8-12-17(15)22-18)20(24)27-19(21(25)26-3)14-9-5-4-6-10-14/h4-13,19H,1-3H3/t19-/m1/s1. The normalized spacial score (nSPS) is 11.7. The first kappa shape index (κ1) is 18.4. The number of nitrogens with zero attached hydrogens (tertiary/aromatic N) is 2. The Morgan fingerprint density at radius 3 is 2.33 bits per heavy atom. The van der Waals surface area contributed by atoms with Crippen LogP contribution < -0.4 is 4.90 Å². The van der Waals surface area contributed by atoms with E-state index in [-0.39, 0.29) is 0 Å². The Balaban J connectivity index is 2.03. The summed E-state index contributed by atoms with van der Waals surface area (Å²) in [5.41, 5.74) is 1.56. The van der Waals surface area contributed by atoms with Gasteiger partial charge in [-0.2, -0.15) is 0 Å². The minimum absolute atomic E-state index is 0.342. The van der Waals surface area contributed by atoms with Gasteiger partial charge in [0.05, 0.1) is 18.2 Å². The van der Waals surface area contributed by atoms with Crippen molar-refractivity contribution in [1.82, 2.24) is 4.98 Å². The summed E-state index contributed by atoms with van der Waals surface area (Å²) >= 11 is 0. The summed E-state index contributed by atoms with van der Waals surface area (Å²) in [6.07, 6.45) is -1.14. The number of anilines is 1. The van der Waals surface area contributed by atoms with E-state index in [1.54, 1.807) is 41.3 Å². The minimum Gasteiger partial charge on any atom is -0.466 e. The number of ether oxygens (including phenoxy) is 2. The van der Waals surface area contributed by atoms with Gasteiger partial charge >= 0.3 is 11.9 Å². The summed E-state index contributed by atoms with van der Waals surface area (Å²) in [6.45, 7) is 0. The molecule has 138 valence electrons. The molecular weight excluding hydrogens is 344 g/mol. The van der Waals surface area contributed by atoms with Gasteiger partial charge in [0.2, 0.25) is 6.10 Å². The molecule has 0 saturated heterocycles. The Hall–Kier alpha value is -3.41. The van der Waals surface area contributed by atoms with E-state index in [0.29, 0.717) is 27.8 Å². The molecule has 0 N–H and O–H groups in total. The van der Waals surface area contributed by atoms with Crippen LogP contribution in [0, 0.1) is 0 Å². The zero-order valence-electron chi connectivity index (χ0n) is 15.4. The molecule has 0 bridgehead atoms. The highest BCUT2D eigenvalue weighted by atomic mass is 16.6. The fraction of sp³-hybridized carbons (Fsp3) is 0.190. The van der Waals surface area contributed by atoms with Gasteiger partial charge in [0.1, 0.15) is 5.82 Å². The average molecular weight is 364 g/mol. The number of hydrogen-bond acceptors (Lipinski definition) is 6. The number of benzene rings is 2. The maximum absolute atomic E-state index is 13.0. The third-order valence-electron chi connectivity index (χ3n) is 4.12. The van der Waals surface area contributed by atoms with Gasteiger partial charge in [-0.15, -0.1) is 0 Å². The Bertz CT molecular complexity index is 970. The second-order valence-corrected chi connectivity index (χ2v) is 6.16. The quantitative estimate of drug-likeness (QED) is 0.647. The van der Waals surface area contributed by atoms with E-state index >= 15 is 0 Å². The van der Waals surface area contributed by atoms with Crippen molar-refractivity contribution in [3.63, 3.8) is 0 Å². The topological polar surface area (TPSA) is 68.7 Å². The largest absolute Gasteiger partial charge is 0.466 e. The van der Waals surface area contributed by atoms with E-state index in [0.717, 1.165) is 0 Å². The predicted molar refractivity (Wildman–Crippen MR) is 103 cm³/mol. The molecule has 0 radical (unpaired) electrons. The second-order valence-electron chi connectivity index (χ2n) is 6.16. The van der Waals surface area contributed by atoms with Crippen LogP contribution in [0.5, 0.6) is 0 Å². The summed E-state index contributed by atoms with van der Waals surface area (Å²) in [7, 11) is 4.94. The molecule has 27 heavy (non-hydrogen) atoms. The van der Waals surface area contributed by atoms with Crippen LogP contribution in [0.3, 0.4) is 0 Å².